The standard InChI is InChI=1S/C13H17N5O2/c1-20-13(19)11-7-10(14)8-17-12(11)16-3-2-5-18-6-4-15-9-18/h4,6-9H,2-3,5,14H2,1H3,(H,16,17). The van der Waals surface area contributed by atoms with Crippen molar-refractivity contribution in [2.75, 3.05) is 24.7 Å². The highest BCUT2D eigenvalue weighted by Crippen LogP contribution is 2.16. The lowest BCUT2D eigenvalue weighted by molar-refractivity contribution is 0.0601. The van der Waals surface area contributed by atoms with Gasteiger partial charge in [-0.05, 0) is 12.5 Å². The smallest absolute Gasteiger partial charge is 0.341 e. The maximum Gasteiger partial charge on any atom is 0.341 e. The zero-order chi connectivity index (χ0) is 14.4. The minimum Gasteiger partial charge on any atom is -0.465 e. The number of nitrogens with zero attached hydrogens (tertiary/aromatic N) is 3. The number of ether oxygens (including phenoxy) is 1. The van der Waals surface area contributed by atoms with Crippen molar-refractivity contribution in [1.82, 2.24) is 14.5 Å². The molecular formula is C13H17N5O2. The summed E-state index contributed by atoms with van der Waals surface area (Å²) >= 11 is 0. The molecule has 7 nitrogen and oxygen atoms in total. The summed E-state index contributed by atoms with van der Waals surface area (Å²) in [6.07, 6.45) is 7.79. The van der Waals surface area contributed by atoms with Gasteiger partial charge in [0.2, 0.25) is 0 Å². The number of pyridine rings is 1. The van der Waals surface area contributed by atoms with Crippen molar-refractivity contribution in [3.05, 3.63) is 36.5 Å². The summed E-state index contributed by atoms with van der Waals surface area (Å²) in [7, 11) is 1.33. The van der Waals surface area contributed by atoms with Crippen molar-refractivity contribution in [2.24, 2.45) is 0 Å². The van der Waals surface area contributed by atoms with Gasteiger partial charge in [-0.25, -0.2) is 14.8 Å². The molecule has 2 rings (SSSR count). The summed E-state index contributed by atoms with van der Waals surface area (Å²) in [6, 6.07) is 1.55. The Labute approximate surface area is 116 Å². The molecule has 0 aliphatic carbocycles. The average molecular weight is 275 g/mol. The van der Waals surface area contributed by atoms with Crippen LogP contribution in [0.2, 0.25) is 0 Å². The van der Waals surface area contributed by atoms with Crippen molar-refractivity contribution >= 4 is 17.5 Å². The highest BCUT2D eigenvalue weighted by Gasteiger charge is 2.13. The van der Waals surface area contributed by atoms with E-state index in [-0.39, 0.29) is 0 Å². The summed E-state index contributed by atoms with van der Waals surface area (Å²) in [5.74, 6) is 0.0265. The van der Waals surface area contributed by atoms with Crippen LogP contribution >= 0.6 is 0 Å². The Morgan fingerprint density at radius 2 is 2.40 bits per heavy atom. The van der Waals surface area contributed by atoms with Crippen LogP contribution in [0.5, 0.6) is 0 Å². The predicted octanol–water partition coefficient (Wildman–Crippen LogP) is 1.15. The van der Waals surface area contributed by atoms with Gasteiger partial charge in [-0.2, -0.15) is 0 Å². The number of carbonyl (C=O) groups excluding carboxylic acids is 1. The number of esters is 1. The van der Waals surface area contributed by atoms with Crippen molar-refractivity contribution in [1.29, 1.82) is 0 Å². The first-order valence-corrected chi connectivity index (χ1v) is 6.24. The van der Waals surface area contributed by atoms with E-state index in [1.165, 1.54) is 13.3 Å². The van der Waals surface area contributed by atoms with Crippen LogP contribution in [-0.2, 0) is 11.3 Å². The van der Waals surface area contributed by atoms with Crippen LogP contribution in [0.25, 0.3) is 0 Å². The van der Waals surface area contributed by atoms with E-state index in [2.05, 4.69) is 15.3 Å². The van der Waals surface area contributed by atoms with Gasteiger partial charge in [-0.15, -0.1) is 0 Å². The molecule has 0 aliphatic heterocycles. The molecule has 2 aromatic heterocycles. The Kier molecular flexibility index (Phi) is 4.54. The van der Waals surface area contributed by atoms with Crippen LogP contribution in [0.3, 0.4) is 0 Å². The van der Waals surface area contributed by atoms with E-state index in [9.17, 15) is 4.79 Å². The summed E-state index contributed by atoms with van der Waals surface area (Å²) in [5.41, 5.74) is 6.40. The van der Waals surface area contributed by atoms with Gasteiger partial charge in [-0.1, -0.05) is 0 Å². The van der Waals surface area contributed by atoms with Crippen LogP contribution in [0.1, 0.15) is 16.8 Å². The van der Waals surface area contributed by atoms with Crippen molar-refractivity contribution in [3.63, 3.8) is 0 Å². The highest BCUT2D eigenvalue weighted by molar-refractivity contribution is 5.95. The molecule has 0 fully saturated rings. The number of hydrogen-bond donors (Lipinski definition) is 2. The summed E-state index contributed by atoms with van der Waals surface area (Å²) < 4.78 is 6.70. The maximum absolute atomic E-state index is 11.6. The van der Waals surface area contributed by atoms with E-state index in [0.717, 1.165) is 13.0 Å². The van der Waals surface area contributed by atoms with E-state index < -0.39 is 5.97 Å². The van der Waals surface area contributed by atoms with Gasteiger partial charge in [0.1, 0.15) is 11.4 Å². The molecule has 0 amide bonds. The summed E-state index contributed by atoms with van der Waals surface area (Å²) in [4.78, 5) is 19.7. The Bertz CT molecular complexity index is 568. The third-order valence-electron chi connectivity index (χ3n) is 2.76. The average Bonchev–Trinajstić information content (AvgIpc) is 2.97. The van der Waals surface area contributed by atoms with Crippen LogP contribution in [0.15, 0.2) is 31.0 Å². The van der Waals surface area contributed by atoms with Crippen molar-refractivity contribution in [3.8, 4) is 0 Å². The van der Waals surface area contributed by atoms with Gasteiger partial charge in [-0.3, -0.25) is 0 Å². The quantitative estimate of drug-likeness (QED) is 0.606. The molecule has 0 saturated heterocycles. The Hall–Kier alpha value is -2.57. The lowest BCUT2D eigenvalue weighted by Gasteiger charge is -2.10. The number of nitrogen functional groups attached to an aromatic ring is 1. The molecule has 20 heavy (non-hydrogen) atoms. The first-order valence-electron chi connectivity index (χ1n) is 6.24. The van der Waals surface area contributed by atoms with Gasteiger partial charge < -0.3 is 20.4 Å². The number of hydrogen-bond acceptors (Lipinski definition) is 6. The third kappa shape index (κ3) is 3.47. The van der Waals surface area contributed by atoms with Gasteiger partial charge in [0.05, 0.1) is 25.3 Å². The second-order valence-corrected chi connectivity index (χ2v) is 4.24. The van der Waals surface area contributed by atoms with Crippen LogP contribution in [-0.4, -0.2) is 34.2 Å². The molecule has 3 N–H and O–H groups in total. The molecule has 0 saturated carbocycles. The molecule has 106 valence electrons. The van der Waals surface area contributed by atoms with Crippen LogP contribution in [0.4, 0.5) is 11.5 Å². The minimum atomic E-state index is -0.457. The van der Waals surface area contributed by atoms with E-state index in [1.54, 1.807) is 18.6 Å². The molecule has 2 heterocycles. The molecule has 0 spiro atoms. The number of rotatable bonds is 6. The van der Waals surface area contributed by atoms with Gasteiger partial charge in [0.25, 0.3) is 0 Å². The number of nitrogens with two attached hydrogens (primary N) is 1. The molecule has 0 unspecified atom stereocenters. The Morgan fingerprint density at radius 1 is 1.55 bits per heavy atom. The van der Waals surface area contributed by atoms with Gasteiger partial charge in [0, 0.05) is 25.5 Å². The zero-order valence-corrected chi connectivity index (χ0v) is 11.2. The zero-order valence-electron chi connectivity index (χ0n) is 11.2. The molecule has 0 aromatic carbocycles. The number of nitrogens with one attached hydrogen (secondary N) is 1. The third-order valence-corrected chi connectivity index (χ3v) is 2.76. The van der Waals surface area contributed by atoms with Crippen molar-refractivity contribution in [2.45, 2.75) is 13.0 Å². The fourth-order valence-corrected chi connectivity index (χ4v) is 1.77. The number of anilines is 2. The molecule has 0 radical (unpaired) electrons. The monoisotopic (exact) mass is 275 g/mol. The Balaban J connectivity index is 1.93. The van der Waals surface area contributed by atoms with E-state index in [0.29, 0.717) is 23.6 Å². The molecule has 0 atom stereocenters. The summed E-state index contributed by atoms with van der Waals surface area (Å²) in [5, 5.41) is 3.12. The molecule has 0 aliphatic rings. The van der Waals surface area contributed by atoms with E-state index >= 15 is 0 Å². The molecule has 0 bridgehead atoms. The summed E-state index contributed by atoms with van der Waals surface area (Å²) in [6.45, 7) is 1.52. The minimum absolute atomic E-state index is 0.343. The fraction of sp³-hybridized carbons (Fsp3) is 0.308. The number of methoxy groups -OCH3 is 1. The predicted molar refractivity (Wildman–Crippen MR) is 75.3 cm³/mol. The molecule has 7 heteroatoms. The van der Waals surface area contributed by atoms with Crippen LogP contribution < -0.4 is 11.1 Å². The first kappa shape index (κ1) is 13.9. The number of imidazole rings is 1. The van der Waals surface area contributed by atoms with Crippen molar-refractivity contribution < 1.29 is 9.53 Å². The topological polar surface area (TPSA) is 95.1 Å². The second kappa shape index (κ2) is 6.55. The van der Waals surface area contributed by atoms with Gasteiger partial charge >= 0.3 is 5.97 Å². The molecular weight excluding hydrogens is 258 g/mol. The Morgan fingerprint density at radius 3 is 3.10 bits per heavy atom. The van der Waals surface area contributed by atoms with Gasteiger partial charge in [0.15, 0.2) is 0 Å². The largest absolute Gasteiger partial charge is 0.465 e. The van der Waals surface area contributed by atoms with Crippen LogP contribution in [0, 0.1) is 0 Å². The second-order valence-electron chi connectivity index (χ2n) is 4.24. The normalized spacial score (nSPS) is 10.2. The fourth-order valence-electron chi connectivity index (χ4n) is 1.77. The highest BCUT2D eigenvalue weighted by atomic mass is 16.5. The number of aromatic nitrogens is 3. The lowest BCUT2D eigenvalue weighted by atomic mass is 10.2. The first-order chi connectivity index (χ1) is 9.70. The number of aryl methyl sites for hydroxylation is 1. The molecule has 2 aromatic rings. The number of carbonyl (C=O) groups is 1. The van der Waals surface area contributed by atoms with E-state index in [1.807, 2.05) is 10.8 Å². The lowest BCUT2D eigenvalue weighted by Crippen LogP contribution is -2.12. The SMILES string of the molecule is COC(=O)c1cc(N)cnc1NCCCn1ccnc1. The van der Waals surface area contributed by atoms with E-state index in [4.69, 9.17) is 10.5 Å². The maximum atomic E-state index is 11.6.